The molecular weight excluding hydrogens is 863 g/mol. The fourth-order valence-electron chi connectivity index (χ4n) is 10.7. The van der Waals surface area contributed by atoms with Crippen molar-refractivity contribution in [1.29, 1.82) is 0 Å². The summed E-state index contributed by atoms with van der Waals surface area (Å²) in [6.45, 7) is 2.23. The average molecular weight is 910 g/mol. The van der Waals surface area contributed by atoms with Gasteiger partial charge in [0, 0.05) is 62.6 Å². The number of aromatic nitrogens is 5. The van der Waals surface area contributed by atoms with Crippen LogP contribution in [-0.4, -0.2) is 24.5 Å². The zero-order valence-electron chi connectivity index (χ0n) is 39.4. The number of H-pyrrole nitrogens is 2. The Morgan fingerprint density at radius 1 is 0.310 bits per heavy atom. The van der Waals surface area contributed by atoms with Gasteiger partial charge < -0.3 is 14.5 Å². The van der Waals surface area contributed by atoms with Gasteiger partial charge in [-0.05, 0) is 62.4 Å². The third-order valence-electron chi connectivity index (χ3n) is 14.2. The molecule has 3 aromatic heterocycles. The molecule has 0 fully saturated rings. The van der Waals surface area contributed by atoms with E-state index < -0.39 is 0 Å². The molecule has 0 aliphatic heterocycles. The monoisotopic (exact) mass is 909 g/mol. The highest BCUT2D eigenvalue weighted by molar-refractivity contribution is 6.22. The molecule has 0 bridgehead atoms. The van der Waals surface area contributed by atoms with Crippen LogP contribution in [0.15, 0.2) is 237 Å². The molecule has 0 saturated heterocycles. The molecule has 0 amide bonds. The number of benzene rings is 10. The van der Waals surface area contributed by atoms with Crippen LogP contribution >= 0.6 is 0 Å². The first-order valence-electron chi connectivity index (χ1n) is 24.2. The molecule has 3 heterocycles. The van der Waals surface area contributed by atoms with E-state index in [0.717, 1.165) is 73.4 Å². The summed E-state index contributed by atoms with van der Waals surface area (Å²) in [5.74, 6) is 1.69. The summed E-state index contributed by atoms with van der Waals surface area (Å²) < 4.78 is 2.35. The lowest BCUT2D eigenvalue weighted by atomic mass is 9.85. The Bertz CT molecular complexity index is 3900. The van der Waals surface area contributed by atoms with Crippen LogP contribution in [0.5, 0.6) is 0 Å². The van der Waals surface area contributed by atoms with Crippen molar-refractivity contribution in [3.8, 4) is 101 Å². The predicted octanol–water partition coefficient (Wildman–Crippen LogP) is 17.2. The molecule has 336 valence electrons. The number of aryl methyl sites for hydroxylation is 1. The Kier molecular flexibility index (Phi) is 10.2. The molecule has 13 aromatic rings. The number of hydrogen-bond donors (Lipinski definition) is 2. The molecule has 5 nitrogen and oxygen atoms in total. The zero-order valence-corrected chi connectivity index (χ0v) is 39.4. The highest BCUT2D eigenvalue weighted by atomic mass is 15.0. The molecular formula is C66H47N5. The molecule has 71 heavy (non-hydrogen) atoms. The second-order valence-corrected chi connectivity index (χ2v) is 18.3. The van der Waals surface area contributed by atoms with Crippen LogP contribution in [0.4, 0.5) is 0 Å². The molecule has 0 aliphatic carbocycles. The van der Waals surface area contributed by atoms with Gasteiger partial charge in [-0.2, -0.15) is 0 Å². The van der Waals surface area contributed by atoms with E-state index in [4.69, 9.17) is 9.97 Å². The summed E-state index contributed by atoms with van der Waals surface area (Å²) in [7, 11) is 2.19. The fourth-order valence-corrected chi connectivity index (χ4v) is 10.7. The van der Waals surface area contributed by atoms with Gasteiger partial charge in [-0.3, -0.25) is 0 Å². The van der Waals surface area contributed by atoms with Gasteiger partial charge in [0.1, 0.15) is 11.6 Å². The SMILES string of the molecule is Cc1c(-c2ccc(-c3nc(-c4ccccc4)c(-c4ccccc4)[nH]3)cc2)c2ccc(-c3c4ccccc4c(-c4ccc(-c5nc(-c6ccccc6)c(-c6ccccc6)[nH]5)cc4)c4ccccc34)cc2n1C. The summed E-state index contributed by atoms with van der Waals surface area (Å²) in [5.41, 5.74) is 20.0. The minimum Gasteiger partial charge on any atom is -0.347 e. The Morgan fingerprint density at radius 2 is 0.648 bits per heavy atom. The molecule has 13 rings (SSSR count). The van der Waals surface area contributed by atoms with Crippen molar-refractivity contribution in [2.45, 2.75) is 6.92 Å². The standard InChI is InChI=1S/C66H47N5/c1-42-58(43-31-35-49(36-32-43)65-67-61(45-19-7-3-8-20-45)62(68-65)46-21-9-4-10-22-46)56-40-39-51(41-57(56)71(42)2)60-54-29-17-15-27-52(54)59(53-28-16-18-30-55(53)60)44-33-37-50(38-34-44)66-69-63(47-23-11-5-12-24-47)64(70-66)48-25-13-6-14-26-48/h3-41H,1-2H3,(H,67,68)(H,69,70). The van der Waals surface area contributed by atoms with Crippen LogP contribution < -0.4 is 0 Å². The topological polar surface area (TPSA) is 62.3 Å². The maximum atomic E-state index is 5.20. The fraction of sp³-hybridized carbons (Fsp3) is 0.0303. The van der Waals surface area contributed by atoms with Gasteiger partial charge >= 0.3 is 0 Å². The van der Waals surface area contributed by atoms with Crippen LogP contribution in [0.1, 0.15) is 5.69 Å². The molecule has 2 N–H and O–H groups in total. The molecule has 0 radical (unpaired) electrons. The summed E-state index contributed by atoms with van der Waals surface area (Å²) >= 11 is 0. The molecule has 0 aliphatic rings. The van der Waals surface area contributed by atoms with Crippen molar-refractivity contribution in [2.24, 2.45) is 7.05 Å². The van der Waals surface area contributed by atoms with Gasteiger partial charge in [0.15, 0.2) is 0 Å². The lowest BCUT2D eigenvalue weighted by Gasteiger charge is -2.18. The first kappa shape index (κ1) is 41.8. The van der Waals surface area contributed by atoms with Crippen LogP contribution in [-0.2, 0) is 7.05 Å². The number of hydrogen-bond acceptors (Lipinski definition) is 2. The number of fused-ring (bicyclic) bond motifs is 3. The van der Waals surface area contributed by atoms with Gasteiger partial charge in [0.25, 0.3) is 0 Å². The third-order valence-corrected chi connectivity index (χ3v) is 14.2. The normalized spacial score (nSPS) is 11.5. The first-order chi connectivity index (χ1) is 35.1. The van der Waals surface area contributed by atoms with E-state index in [-0.39, 0.29) is 0 Å². The second kappa shape index (κ2) is 17.3. The van der Waals surface area contributed by atoms with Crippen molar-refractivity contribution >= 4 is 32.4 Å². The molecule has 10 aromatic carbocycles. The highest BCUT2D eigenvalue weighted by Crippen LogP contribution is 2.46. The maximum absolute atomic E-state index is 5.20. The van der Waals surface area contributed by atoms with E-state index >= 15 is 0 Å². The van der Waals surface area contributed by atoms with E-state index in [2.05, 4.69) is 241 Å². The van der Waals surface area contributed by atoms with E-state index in [1.54, 1.807) is 0 Å². The van der Waals surface area contributed by atoms with Gasteiger partial charge in [-0.15, -0.1) is 0 Å². The number of nitrogens with zero attached hydrogens (tertiary/aromatic N) is 3. The number of aromatic amines is 2. The minimum atomic E-state index is 0.843. The third kappa shape index (κ3) is 7.26. The number of imidazole rings is 2. The molecule has 0 spiro atoms. The lowest BCUT2D eigenvalue weighted by Crippen LogP contribution is -1.93. The van der Waals surface area contributed by atoms with Gasteiger partial charge in [-0.25, -0.2) is 9.97 Å². The summed E-state index contributed by atoms with van der Waals surface area (Å²) in [6, 6.07) is 84.3. The number of nitrogens with one attached hydrogen (secondary N) is 2. The molecule has 0 unspecified atom stereocenters. The van der Waals surface area contributed by atoms with Crippen LogP contribution in [0.3, 0.4) is 0 Å². The van der Waals surface area contributed by atoms with E-state index in [9.17, 15) is 0 Å². The summed E-state index contributed by atoms with van der Waals surface area (Å²) in [6.07, 6.45) is 0. The Balaban J connectivity index is 0.869. The average Bonchev–Trinajstić information content (AvgIpc) is 4.16. The van der Waals surface area contributed by atoms with Crippen molar-refractivity contribution in [3.05, 3.63) is 242 Å². The smallest absolute Gasteiger partial charge is 0.138 e. The molecule has 0 atom stereocenters. The van der Waals surface area contributed by atoms with Crippen LogP contribution in [0.25, 0.3) is 134 Å². The van der Waals surface area contributed by atoms with Crippen molar-refractivity contribution in [1.82, 2.24) is 24.5 Å². The largest absolute Gasteiger partial charge is 0.347 e. The first-order valence-corrected chi connectivity index (χ1v) is 24.2. The molecule has 0 saturated carbocycles. The summed E-state index contributed by atoms with van der Waals surface area (Å²) in [5, 5.41) is 6.11. The highest BCUT2D eigenvalue weighted by Gasteiger charge is 2.22. The van der Waals surface area contributed by atoms with Gasteiger partial charge in [-0.1, -0.05) is 231 Å². The second-order valence-electron chi connectivity index (χ2n) is 18.3. The lowest BCUT2D eigenvalue weighted by molar-refractivity contribution is 0.920. The molecule has 5 heteroatoms. The zero-order chi connectivity index (χ0) is 47.4. The van der Waals surface area contributed by atoms with Crippen LogP contribution in [0.2, 0.25) is 0 Å². The number of rotatable bonds is 9. The maximum Gasteiger partial charge on any atom is 0.138 e. The van der Waals surface area contributed by atoms with Crippen molar-refractivity contribution < 1.29 is 0 Å². The minimum absolute atomic E-state index is 0.843. The van der Waals surface area contributed by atoms with E-state index in [0.29, 0.717) is 0 Å². The Morgan fingerprint density at radius 3 is 1.07 bits per heavy atom. The quantitative estimate of drug-likeness (QED) is 0.142. The van der Waals surface area contributed by atoms with E-state index in [1.807, 2.05) is 24.3 Å². The Labute approximate surface area is 412 Å². The van der Waals surface area contributed by atoms with E-state index in [1.165, 1.54) is 66.0 Å². The van der Waals surface area contributed by atoms with Crippen molar-refractivity contribution in [3.63, 3.8) is 0 Å². The predicted molar refractivity (Wildman–Crippen MR) is 296 cm³/mol. The van der Waals surface area contributed by atoms with Gasteiger partial charge in [0.2, 0.25) is 0 Å². The van der Waals surface area contributed by atoms with Gasteiger partial charge in [0.05, 0.1) is 22.8 Å². The van der Waals surface area contributed by atoms with Crippen LogP contribution in [0, 0.1) is 6.92 Å². The summed E-state index contributed by atoms with van der Waals surface area (Å²) in [4.78, 5) is 17.7. The Hall–Kier alpha value is -9.32. The van der Waals surface area contributed by atoms with Crippen molar-refractivity contribution in [2.75, 3.05) is 0 Å².